The Bertz CT molecular complexity index is 507. The van der Waals surface area contributed by atoms with E-state index in [1.54, 1.807) is 6.92 Å². The second kappa shape index (κ2) is 6.48. The van der Waals surface area contributed by atoms with Gasteiger partial charge in [0.25, 0.3) is 0 Å². The standard InChI is InChI=1S/C17H25N3O/c1-13(21)19-11-14-6-9-20(10-7-14)12-16-4-2-3-15-5-8-18-17(15)16/h2-4,14,18H,5-12H2,1H3,(H,19,21). The first-order valence-electron chi connectivity index (χ1n) is 8.04. The van der Waals surface area contributed by atoms with Crippen LogP contribution in [0.15, 0.2) is 18.2 Å². The topological polar surface area (TPSA) is 44.4 Å². The second-order valence-corrected chi connectivity index (χ2v) is 6.28. The molecule has 2 N–H and O–H groups in total. The molecule has 1 fully saturated rings. The average molecular weight is 287 g/mol. The molecule has 3 rings (SSSR count). The number of fused-ring (bicyclic) bond motifs is 1. The Kier molecular flexibility index (Phi) is 4.44. The van der Waals surface area contributed by atoms with Gasteiger partial charge in [0.2, 0.25) is 5.91 Å². The summed E-state index contributed by atoms with van der Waals surface area (Å²) in [5.41, 5.74) is 4.27. The SMILES string of the molecule is CC(=O)NCC1CCN(Cc2cccc3c2NCC3)CC1. The van der Waals surface area contributed by atoms with Crippen LogP contribution in [0, 0.1) is 5.92 Å². The fraction of sp³-hybridized carbons (Fsp3) is 0.588. The number of carbonyl (C=O) groups is 1. The quantitative estimate of drug-likeness (QED) is 0.890. The summed E-state index contributed by atoms with van der Waals surface area (Å²) in [7, 11) is 0. The van der Waals surface area contributed by atoms with Gasteiger partial charge in [0.05, 0.1) is 0 Å². The highest BCUT2D eigenvalue weighted by molar-refractivity contribution is 5.72. The number of likely N-dealkylation sites (tertiary alicyclic amines) is 1. The maximum absolute atomic E-state index is 11.0. The van der Waals surface area contributed by atoms with E-state index in [-0.39, 0.29) is 5.91 Å². The van der Waals surface area contributed by atoms with Gasteiger partial charge in [0, 0.05) is 32.2 Å². The lowest BCUT2D eigenvalue weighted by Crippen LogP contribution is -2.37. The van der Waals surface area contributed by atoms with Gasteiger partial charge in [-0.25, -0.2) is 0 Å². The molecule has 0 unspecified atom stereocenters. The summed E-state index contributed by atoms with van der Waals surface area (Å²) in [6.07, 6.45) is 3.52. The number of rotatable bonds is 4. The van der Waals surface area contributed by atoms with Crippen molar-refractivity contribution < 1.29 is 4.79 Å². The molecule has 21 heavy (non-hydrogen) atoms. The van der Waals surface area contributed by atoms with Crippen LogP contribution in [0.1, 0.15) is 30.9 Å². The van der Waals surface area contributed by atoms with E-state index in [1.807, 2.05) is 0 Å². The first kappa shape index (κ1) is 14.4. The van der Waals surface area contributed by atoms with Gasteiger partial charge in [-0.1, -0.05) is 18.2 Å². The molecule has 0 spiro atoms. The molecule has 4 heteroatoms. The molecular formula is C17H25N3O. The number of hydrogen-bond donors (Lipinski definition) is 2. The molecule has 1 aromatic carbocycles. The molecule has 0 aromatic heterocycles. The summed E-state index contributed by atoms with van der Waals surface area (Å²) < 4.78 is 0. The van der Waals surface area contributed by atoms with Gasteiger partial charge in [0.1, 0.15) is 0 Å². The predicted molar refractivity (Wildman–Crippen MR) is 85.3 cm³/mol. The summed E-state index contributed by atoms with van der Waals surface area (Å²) in [5, 5.41) is 6.47. The monoisotopic (exact) mass is 287 g/mol. The van der Waals surface area contributed by atoms with Crippen molar-refractivity contribution in [2.24, 2.45) is 5.92 Å². The van der Waals surface area contributed by atoms with Gasteiger partial charge in [-0.2, -0.15) is 0 Å². The molecular weight excluding hydrogens is 262 g/mol. The molecule has 2 aliphatic rings. The van der Waals surface area contributed by atoms with Gasteiger partial charge >= 0.3 is 0 Å². The minimum Gasteiger partial charge on any atom is -0.384 e. The van der Waals surface area contributed by atoms with E-state index in [9.17, 15) is 4.79 Å². The highest BCUT2D eigenvalue weighted by Gasteiger charge is 2.21. The molecule has 1 aromatic rings. The lowest BCUT2D eigenvalue weighted by atomic mass is 9.96. The third-order valence-electron chi connectivity index (χ3n) is 4.67. The van der Waals surface area contributed by atoms with E-state index in [4.69, 9.17) is 0 Å². The molecule has 0 aliphatic carbocycles. The van der Waals surface area contributed by atoms with Crippen molar-refractivity contribution in [3.8, 4) is 0 Å². The smallest absolute Gasteiger partial charge is 0.216 e. The number of nitrogens with zero attached hydrogens (tertiary/aromatic N) is 1. The maximum atomic E-state index is 11.0. The number of carbonyl (C=O) groups excluding carboxylic acids is 1. The van der Waals surface area contributed by atoms with Crippen molar-refractivity contribution in [1.82, 2.24) is 10.2 Å². The zero-order valence-corrected chi connectivity index (χ0v) is 12.8. The minimum absolute atomic E-state index is 0.0864. The van der Waals surface area contributed by atoms with Gasteiger partial charge in [-0.05, 0) is 49.4 Å². The Hall–Kier alpha value is -1.55. The molecule has 4 nitrogen and oxygen atoms in total. The van der Waals surface area contributed by atoms with Crippen LogP contribution in [0.5, 0.6) is 0 Å². The summed E-state index contributed by atoms with van der Waals surface area (Å²) >= 11 is 0. The summed E-state index contributed by atoms with van der Waals surface area (Å²) in [6, 6.07) is 6.67. The summed E-state index contributed by atoms with van der Waals surface area (Å²) in [5.74, 6) is 0.730. The third kappa shape index (κ3) is 3.56. The van der Waals surface area contributed by atoms with Gasteiger partial charge in [0.15, 0.2) is 0 Å². The number of benzene rings is 1. The highest BCUT2D eigenvalue weighted by Crippen LogP contribution is 2.28. The first-order valence-corrected chi connectivity index (χ1v) is 8.04. The molecule has 0 radical (unpaired) electrons. The molecule has 114 valence electrons. The van der Waals surface area contributed by atoms with Gasteiger partial charge < -0.3 is 10.6 Å². The lowest BCUT2D eigenvalue weighted by molar-refractivity contribution is -0.119. The number of amides is 1. The van der Waals surface area contributed by atoms with Crippen LogP contribution in [0.2, 0.25) is 0 Å². The van der Waals surface area contributed by atoms with Crippen molar-refractivity contribution in [2.45, 2.75) is 32.7 Å². The van der Waals surface area contributed by atoms with E-state index < -0.39 is 0 Å². The Morgan fingerprint density at radius 3 is 2.95 bits per heavy atom. The minimum atomic E-state index is 0.0864. The van der Waals surface area contributed by atoms with Crippen LogP contribution >= 0.6 is 0 Å². The Morgan fingerprint density at radius 1 is 1.38 bits per heavy atom. The summed E-state index contributed by atoms with van der Waals surface area (Å²) in [4.78, 5) is 13.5. The first-order chi connectivity index (χ1) is 10.2. The number of anilines is 1. The molecule has 2 aliphatic heterocycles. The predicted octanol–water partition coefficient (Wildman–Crippen LogP) is 2.00. The van der Waals surface area contributed by atoms with E-state index in [0.29, 0.717) is 5.92 Å². The van der Waals surface area contributed by atoms with Crippen molar-refractivity contribution in [2.75, 3.05) is 31.5 Å². The van der Waals surface area contributed by atoms with Crippen LogP contribution < -0.4 is 10.6 Å². The van der Waals surface area contributed by atoms with Crippen molar-refractivity contribution in [1.29, 1.82) is 0 Å². The molecule has 1 saturated heterocycles. The third-order valence-corrected chi connectivity index (χ3v) is 4.67. The number of hydrogen-bond acceptors (Lipinski definition) is 3. The van der Waals surface area contributed by atoms with Gasteiger partial charge in [-0.3, -0.25) is 9.69 Å². The number of nitrogens with one attached hydrogen (secondary N) is 2. The van der Waals surface area contributed by atoms with Crippen molar-refractivity contribution in [3.63, 3.8) is 0 Å². The van der Waals surface area contributed by atoms with E-state index in [0.717, 1.165) is 39.1 Å². The number of piperidine rings is 1. The molecule has 0 atom stereocenters. The molecule has 0 saturated carbocycles. The van der Waals surface area contributed by atoms with Crippen LogP contribution in [-0.2, 0) is 17.8 Å². The highest BCUT2D eigenvalue weighted by atomic mass is 16.1. The van der Waals surface area contributed by atoms with E-state index >= 15 is 0 Å². The normalized spacial score (nSPS) is 19.1. The molecule has 2 heterocycles. The zero-order valence-electron chi connectivity index (χ0n) is 12.8. The Balaban J connectivity index is 1.52. The average Bonchev–Trinajstić information content (AvgIpc) is 2.96. The van der Waals surface area contributed by atoms with Crippen LogP contribution in [0.4, 0.5) is 5.69 Å². The van der Waals surface area contributed by atoms with E-state index in [2.05, 4.69) is 33.7 Å². The lowest BCUT2D eigenvalue weighted by Gasteiger charge is -2.32. The van der Waals surface area contributed by atoms with Crippen LogP contribution in [0.25, 0.3) is 0 Å². The van der Waals surface area contributed by atoms with Crippen molar-refractivity contribution in [3.05, 3.63) is 29.3 Å². The fourth-order valence-corrected chi connectivity index (χ4v) is 3.42. The maximum Gasteiger partial charge on any atom is 0.216 e. The number of para-hydroxylation sites is 1. The van der Waals surface area contributed by atoms with Crippen LogP contribution in [0.3, 0.4) is 0 Å². The van der Waals surface area contributed by atoms with Gasteiger partial charge in [-0.15, -0.1) is 0 Å². The Morgan fingerprint density at radius 2 is 2.19 bits per heavy atom. The largest absolute Gasteiger partial charge is 0.384 e. The summed E-state index contributed by atoms with van der Waals surface area (Å²) in [6.45, 7) is 6.82. The molecule has 0 bridgehead atoms. The Labute approximate surface area is 126 Å². The zero-order chi connectivity index (χ0) is 14.7. The van der Waals surface area contributed by atoms with Crippen LogP contribution in [-0.4, -0.2) is 37.0 Å². The second-order valence-electron chi connectivity index (χ2n) is 6.28. The fourth-order valence-electron chi connectivity index (χ4n) is 3.42. The van der Waals surface area contributed by atoms with Crippen molar-refractivity contribution >= 4 is 11.6 Å². The molecule has 1 amide bonds. The van der Waals surface area contributed by atoms with E-state index in [1.165, 1.54) is 29.7 Å².